The lowest BCUT2D eigenvalue weighted by molar-refractivity contribution is -0.870. The molecule has 5 nitrogen and oxygen atoms in total. The van der Waals surface area contributed by atoms with E-state index in [2.05, 4.69) is 5.73 Å². The molecule has 0 aliphatic rings. The predicted molar refractivity (Wildman–Crippen MR) is 49.8 cm³/mol. The van der Waals surface area contributed by atoms with Gasteiger partial charge in [0.15, 0.2) is 6.04 Å². The lowest BCUT2D eigenvalue weighted by atomic mass is 10.1. The van der Waals surface area contributed by atoms with Crippen molar-refractivity contribution in [2.24, 2.45) is 0 Å². The maximum Gasteiger partial charge on any atom is 0.151 e. The number of aliphatic hydroxyl groups is 1. The highest BCUT2D eigenvalue weighted by molar-refractivity contribution is 5.69. The van der Waals surface area contributed by atoms with Gasteiger partial charge in [-0.15, -0.1) is 0 Å². The van der Waals surface area contributed by atoms with Crippen LogP contribution in [0.4, 0.5) is 0 Å². The third-order valence-corrected chi connectivity index (χ3v) is 2.10. The van der Waals surface area contributed by atoms with Gasteiger partial charge in [-0.25, -0.2) is 0 Å². The number of carbonyl (C=O) groups is 1. The van der Waals surface area contributed by atoms with E-state index in [9.17, 15) is 15.0 Å². The molecule has 0 heterocycles. The molecular formula is C9H21N2O3+. The molecule has 0 aromatic rings. The summed E-state index contributed by atoms with van der Waals surface area (Å²) >= 11 is 0. The number of rotatable bonds is 6. The van der Waals surface area contributed by atoms with Crippen molar-refractivity contribution in [1.82, 2.24) is 0 Å². The van der Waals surface area contributed by atoms with Crippen molar-refractivity contribution in [1.29, 1.82) is 0 Å². The van der Waals surface area contributed by atoms with E-state index >= 15 is 0 Å². The molecule has 0 radical (unpaired) electrons. The number of carbonyl (C=O) groups excluding carboxylic acids is 1. The van der Waals surface area contributed by atoms with E-state index in [0.29, 0.717) is 6.42 Å². The molecule has 0 spiro atoms. The van der Waals surface area contributed by atoms with Gasteiger partial charge in [-0.1, -0.05) is 0 Å². The van der Waals surface area contributed by atoms with Gasteiger partial charge in [0.2, 0.25) is 0 Å². The average Bonchev–Trinajstić information content (AvgIpc) is 2.00. The van der Waals surface area contributed by atoms with Crippen molar-refractivity contribution in [3.05, 3.63) is 0 Å². The second-order valence-corrected chi connectivity index (χ2v) is 4.65. The summed E-state index contributed by atoms with van der Waals surface area (Å²) in [5, 5.41) is 19.8. The summed E-state index contributed by atoms with van der Waals surface area (Å²) in [6.07, 6.45) is 0.341. The Morgan fingerprint density at radius 2 is 2.00 bits per heavy atom. The minimum Gasteiger partial charge on any atom is -0.544 e. The van der Waals surface area contributed by atoms with Crippen LogP contribution in [-0.2, 0) is 4.79 Å². The topological polar surface area (TPSA) is 88.0 Å². The minimum atomic E-state index is -1.29. The number of carboxylic acid groups (broad SMARTS) is 1. The molecule has 2 atom stereocenters. The maximum absolute atomic E-state index is 10.4. The molecule has 0 aliphatic heterocycles. The normalized spacial score (nSPS) is 16.4. The van der Waals surface area contributed by atoms with Gasteiger partial charge in [-0.2, -0.15) is 0 Å². The van der Waals surface area contributed by atoms with Crippen LogP contribution < -0.4 is 10.8 Å². The molecule has 5 heteroatoms. The van der Waals surface area contributed by atoms with Crippen LogP contribution in [0.25, 0.3) is 0 Å². The van der Waals surface area contributed by atoms with Crippen molar-refractivity contribution in [3.63, 3.8) is 0 Å². The fourth-order valence-electron chi connectivity index (χ4n) is 1.13. The second-order valence-electron chi connectivity index (χ2n) is 4.65. The van der Waals surface area contributed by atoms with Crippen LogP contribution in [0.2, 0.25) is 0 Å². The summed E-state index contributed by atoms with van der Waals surface area (Å²) in [4.78, 5) is 10.4. The van der Waals surface area contributed by atoms with E-state index in [-0.39, 0.29) is 0 Å². The molecule has 0 unspecified atom stereocenters. The highest BCUT2D eigenvalue weighted by atomic mass is 16.4. The first-order valence-electron chi connectivity index (χ1n) is 4.76. The van der Waals surface area contributed by atoms with E-state index in [0.717, 1.165) is 17.4 Å². The summed E-state index contributed by atoms with van der Waals surface area (Å²) in [6, 6.07) is -1.03. The molecular weight excluding hydrogens is 184 g/mol. The van der Waals surface area contributed by atoms with Crippen LogP contribution in [0.15, 0.2) is 0 Å². The first-order chi connectivity index (χ1) is 6.24. The molecule has 0 bridgehead atoms. The van der Waals surface area contributed by atoms with Gasteiger partial charge in [-0.3, -0.25) is 0 Å². The third-order valence-electron chi connectivity index (χ3n) is 2.10. The van der Waals surface area contributed by atoms with Crippen molar-refractivity contribution < 1.29 is 25.2 Å². The largest absolute Gasteiger partial charge is 0.544 e. The van der Waals surface area contributed by atoms with Crippen LogP contribution in [0, 0.1) is 0 Å². The predicted octanol–water partition coefficient (Wildman–Crippen LogP) is -2.81. The van der Waals surface area contributed by atoms with Crippen molar-refractivity contribution >= 4 is 5.97 Å². The number of aliphatic carboxylic acids is 1. The van der Waals surface area contributed by atoms with Gasteiger partial charge in [0.25, 0.3) is 0 Å². The van der Waals surface area contributed by atoms with E-state index in [1.165, 1.54) is 0 Å². The Balaban J connectivity index is 3.75. The Labute approximate surface area is 84.7 Å². The summed E-state index contributed by atoms with van der Waals surface area (Å²) in [6.45, 7) is 0.900. The zero-order valence-electron chi connectivity index (χ0n) is 9.19. The average molecular weight is 205 g/mol. The Morgan fingerprint density at radius 3 is 2.36 bits per heavy atom. The van der Waals surface area contributed by atoms with Gasteiger partial charge in [0.1, 0.15) is 12.1 Å². The Bertz CT molecular complexity index is 189. The highest BCUT2D eigenvalue weighted by Gasteiger charge is 2.20. The lowest BCUT2D eigenvalue weighted by Gasteiger charge is -2.24. The molecule has 0 rings (SSSR count). The van der Waals surface area contributed by atoms with E-state index < -0.39 is 18.1 Å². The standard InChI is InChI=1S/C9H20N2O3/c1-11(2,3)6-4-5-7(12)8(10)9(13)14/h7-8,12H,4-6,10H2,1-3H3/p+1/t7-,8-/m0/s1. The first kappa shape index (κ1) is 13.4. The number of quaternary nitrogens is 2. The molecule has 0 saturated carbocycles. The smallest absolute Gasteiger partial charge is 0.151 e. The monoisotopic (exact) mass is 205 g/mol. The number of nitrogens with zero attached hydrogens (tertiary/aromatic N) is 1. The van der Waals surface area contributed by atoms with Gasteiger partial charge in [0, 0.05) is 0 Å². The van der Waals surface area contributed by atoms with Crippen molar-refractivity contribution in [2.45, 2.75) is 25.0 Å². The van der Waals surface area contributed by atoms with Gasteiger partial charge >= 0.3 is 0 Å². The molecule has 0 saturated heterocycles. The van der Waals surface area contributed by atoms with E-state index in [1.54, 1.807) is 0 Å². The molecule has 0 aliphatic carbocycles. The van der Waals surface area contributed by atoms with Crippen LogP contribution in [-0.4, -0.2) is 55.4 Å². The minimum absolute atomic E-state index is 0.456. The third kappa shape index (κ3) is 5.90. The highest BCUT2D eigenvalue weighted by Crippen LogP contribution is 2.02. The van der Waals surface area contributed by atoms with Crippen molar-refractivity contribution in [3.8, 4) is 0 Å². The van der Waals surface area contributed by atoms with Crippen molar-refractivity contribution in [2.75, 3.05) is 27.7 Å². The SMILES string of the molecule is C[N+](C)(C)CCC[C@H](O)[C@H]([NH3+])C(=O)[O-]. The number of hydrogen-bond donors (Lipinski definition) is 2. The second kappa shape index (κ2) is 5.29. The van der Waals surface area contributed by atoms with Gasteiger partial charge in [0.05, 0.1) is 27.7 Å². The summed E-state index contributed by atoms with van der Waals surface area (Å²) in [7, 11) is 6.15. The van der Waals surface area contributed by atoms with Gasteiger partial charge < -0.3 is 25.2 Å². The zero-order chi connectivity index (χ0) is 11.4. The molecule has 0 aromatic carbocycles. The van der Waals surface area contributed by atoms with E-state index in [4.69, 9.17) is 0 Å². The summed E-state index contributed by atoms with van der Waals surface area (Å²) in [5.74, 6) is -1.29. The Morgan fingerprint density at radius 1 is 1.50 bits per heavy atom. The molecule has 4 N–H and O–H groups in total. The quantitative estimate of drug-likeness (QED) is 0.459. The molecule has 14 heavy (non-hydrogen) atoms. The summed E-state index contributed by atoms with van der Waals surface area (Å²) < 4.78 is 0.805. The first-order valence-corrected chi connectivity index (χ1v) is 4.76. The van der Waals surface area contributed by atoms with Crippen LogP contribution in [0.3, 0.4) is 0 Å². The summed E-state index contributed by atoms with van der Waals surface area (Å²) in [5.41, 5.74) is 3.34. The molecule has 0 amide bonds. The molecule has 84 valence electrons. The Kier molecular flexibility index (Phi) is 5.04. The lowest BCUT2D eigenvalue weighted by Crippen LogP contribution is -2.73. The van der Waals surface area contributed by atoms with Crippen LogP contribution >= 0.6 is 0 Å². The zero-order valence-corrected chi connectivity index (χ0v) is 9.19. The fourth-order valence-corrected chi connectivity index (χ4v) is 1.13. The van der Waals surface area contributed by atoms with Crippen LogP contribution in [0.5, 0.6) is 0 Å². The Hall–Kier alpha value is -0.650. The number of hydrogen-bond acceptors (Lipinski definition) is 3. The molecule has 0 fully saturated rings. The van der Waals surface area contributed by atoms with Gasteiger partial charge in [-0.05, 0) is 12.8 Å². The number of aliphatic hydroxyl groups excluding tert-OH is 1. The van der Waals surface area contributed by atoms with E-state index in [1.807, 2.05) is 21.1 Å². The molecule has 0 aromatic heterocycles. The number of carboxylic acids is 1. The fraction of sp³-hybridized carbons (Fsp3) is 0.889. The maximum atomic E-state index is 10.4. The van der Waals surface area contributed by atoms with Crippen LogP contribution in [0.1, 0.15) is 12.8 Å².